The third-order valence-electron chi connectivity index (χ3n) is 3.09. The summed E-state index contributed by atoms with van der Waals surface area (Å²) in [5.74, 6) is 1.20. The van der Waals surface area contributed by atoms with E-state index in [4.69, 9.17) is 4.74 Å². The molecule has 2 rings (SSSR count). The molecule has 0 aliphatic heterocycles. The molecule has 110 valence electrons. The number of anilines is 1. The Morgan fingerprint density at radius 1 is 1.24 bits per heavy atom. The first-order chi connectivity index (χ1) is 10.2. The summed E-state index contributed by atoms with van der Waals surface area (Å²) < 4.78 is 5.29. The third kappa shape index (κ3) is 3.47. The van der Waals surface area contributed by atoms with Crippen molar-refractivity contribution in [1.82, 2.24) is 15.1 Å². The number of methoxy groups -OCH3 is 1. The van der Waals surface area contributed by atoms with Gasteiger partial charge in [0.1, 0.15) is 11.6 Å². The number of amides is 1. The van der Waals surface area contributed by atoms with Crippen LogP contribution < -0.4 is 10.1 Å². The zero-order valence-electron chi connectivity index (χ0n) is 12.3. The number of ether oxygens (including phenoxy) is 1. The molecule has 0 aliphatic carbocycles. The second-order valence-corrected chi connectivity index (χ2v) is 4.53. The molecule has 0 saturated heterocycles. The van der Waals surface area contributed by atoms with Gasteiger partial charge in [0.05, 0.1) is 7.11 Å². The van der Waals surface area contributed by atoms with E-state index < -0.39 is 0 Å². The summed E-state index contributed by atoms with van der Waals surface area (Å²) in [5, 5.41) is 10.7. The van der Waals surface area contributed by atoms with E-state index >= 15 is 0 Å². The summed E-state index contributed by atoms with van der Waals surface area (Å²) in [6, 6.07) is 11.0. The highest BCUT2D eigenvalue weighted by atomic mass is 16.5. The zero-order valence-corrected chi connectivity index (χ0v) is 12.3. The van der Waals surface area contributed by atoms with Gasteiger partial charge in [-0.25, -0.2) is 0 Å². The van der Waals surface area contributed by atoms with E-state index in [1.165, 1.54) is 0 Å². The quantitative estimate of drug-likeness (QED) is 0.907. The second kappa shape index (κ2) is 6.69. The SMILES string of the molecule is CNc1ccc(C(=O)N(C)Cc2ccccc2OC)nn1. The van der Waals surface area contributed by atoms with Crippen LogP contribution in [0, 0.1) is 0 Å². The Bertz CT molecular complexity index is 613. The summed E-state index contributed by atoms with van der Waals surface area (Å²) in [4.78, 5) is 13.9. The number of aromatic nitrogens is 2. The van der Waals surface area contributed by atoms with Gasteiger partial charge in [-0.1, -0.05) is 18.2 Å². The van der Waals surface area contributed by atoms with Gasteiger partial charge in [0.25, 0.3) is 5.91 Å². The Kier molecular flexibility index (Phi) is 4.71. The molecule has 6 nitrogen and oxygen atoms in total. The maximum atomic E-state index is 12.3. The van der Waals surface area contributed by atoms with E-state index in [1.54, 1.807) is 38.2 Å². The first-order valence-electron chi connectivity index (χ1n) is 6.54. The highest BCUT2D eigenvalue weighted by Gasteiger charge is 2.15. The summed E-state index contributed by atoms with van der Waals surface area (Å²) >= 11 is 0. The van der Waals surface area contributed by atoms with Crippen molar-refractivity contribution in [2.75, 3.05) is 26.5 Å². The Balaban J connectivity index is 2.11. The average molecular weight is 286 g/mol. The van der Waals surface area contributed by atoms with Crippen LogP contribution in [0.4, 0.5) is 5.82 Å². The molecule has 1 amide bonds. The van der Waals surface area contributed by atoms with Crippen LogP contribution in [0.15, 0.2) is 36.4 Å². The summed E-state index contributed by atoms with van der Waals surface area (Å²) in [6.07, 6.45) is 0. The van der Waals surface area contributed by atoms with E-state index in [2.05, 4.69) is 15.5 Å². The molecule has 1 heterocycles. The number of nitrogens with one attached hydrogen (secondary N) is 1. The van der Waals surface area contributed by atoms with Gasteiger partial charge in [-0.15, -0.1) is 10.2 Å². The van der Waals surface area contributed by atoms with E-state index in [0.717, 1.165) is 11.3 Å². The van der Waals surface area contributed by atoms with Crippen LogP contribution >= 0.6 is 0 Å². The number of hydrogen-bond donors (Lipinski definition) is 1. The molecule has 0 radical (unpaired) electrons. The van der Waals surface area contributed by atoms with Crippen LogP contribution in [-0.4, -0.2) is 42.2 Å². The number of para-hydroxylation sites is 1. The molecular weight excluding hydrogens is 268 g/mol. The van der Waals surface area contributed by atoms with Gasteiger partial charge in [-0.05, 0) is 18.2 Å². The molecule has 2 aromatic rings. The van der Waals surface area contributed by atoms with E-state index in [1.807, 2.05) is 24.3 Å². The van der Waals surface area contributed by atoms with Crippen molar-refractivity contribution in [2.45, 2.75) is 6.54 Å². The fourth-order valence-corrected chi connectivity index (χ4v) is 1.94. The van der Waals surface area contributed by atoms with Crippen LogP contribution in [0.5, 0.6) is 5.75 Å². The van der Waals surface area contributed by atoms with Gasteiger partial charge >= 0.3 is 0 Å². The van der Waals surface area contributed by atoms with Gasteiger partial charge in [0.2, 0.25) is 0 Å². The number of carbonyl (C=O) groups is 1. The Morgan fingerprint density at radius 3 is 2.62 bits per heavy atom. The predicted octanol–water partition coefficient (Wildman–Crippen LogP) is 1.80. The minimum absolute atomic E-state index is 0.184. The maximum Gasteiger partial charge on any atom is 0.274 e. The lowest BCUT2D eigenvalue weighted by atomic mass is 10.2. The van der Waals surface area contributed by atoms with Crippen molar-refractivity contribution in [3.63, 3.8) is 0 Å². The van der Waals surface area contributed by atoms with Crippen molar-refractivity contribution in [1.29, 1.82) is 0 Å². The fourth-order valence-electron chi connectivity index (χ4n) is 1.94. The van der Waals surface area contributed by atoms with Gasteiger partial charge in [0, 0.05) is 26.2 Å². The van der Waals surface area contributed by atoms with Gasteiger partial charge in [0.15, 0.2) is 5.69 Å². The van der Waals surface area contributed by atoms with Crippen LogP contribution in [-0.2, 0) is 6.54 Å². The van der Waals surface area contributed by atoms with Crippen molar-refractivity contribution in [3.05, 3.63) is 47.7 Å². The fraction of sp³-hybridized carbons (Fsp3) is 0.267. The Labute approximate surface area is 123 Å². The molecule has 0 unspecified atom stereocenters. The lowest BCUT2D eigenvalue weighted by Gasteiger charge is -2.18. The molecule has 0 atom stereocenters. The molecule has 1 N–H and O–H groups in total. The standard InChI is InChI=1S/C15H18N4O2/c1-16-14-9-8-12(17-18-14)15(20)19(2)10-11-6-4-5-7-13(11)21-3/h4-9H,10H2,1-3H3,(H,16,18). The molecule has 1 aromatic heterocycles. The summed E-state index contributed by atoms with van der Waals surface area (Å²) in [7, 11) is 5.09. The molecule has 0 spiro atoms. The molecule has 6 heteroatoms. The predicted molar refractivity (Wildman–Crippen MR) is 80.4 cm³/mol. The highest BCUT2D eigenvalue weighted by Crippen LogP contribution is 2.19. The van der Waals surface area contributed by atoms with Crippen LogP contribution in [0.1, 0.15) is 16.1 Å². The van der Waals surface area contributed by atoms with Crippen molar-refractivity contribution >= 4 is 11.7 Å². The molecule has 0 aliphatic rings. The summed E-state index contributed by atoms with van der Waals surface area (Å²) in [6.45, 7) is 0.443. The van der Waals surface area contributed by atoms with Crippen molar-refractivity contribution in [3.8, 4) is 5.75 Å². The lowest BCUT2D eigenvalue weighted by molar-refractivity contribution is 0.0777. The molecule has 0 bridgehead atoms. The largest absolute Gasteiger partial charge is 0.496 e. The first-order valence-corrected chi connectivity index (χ1v) is 6.54. The number of nitrogens with zero attached hydrogens (tertiary/aromatic N) is 3. The maximum absolute atomic E-state index is 12.3. The minimum Gasteiger partial charge on any atom is -0.496 e. The van der Waals surface area contributed by atoms with Crippen LogP contribution in [0.3, 0.4) is 0 Å². The number of carbonyl (C=O) groups excluding carboxylic acids is 1. The monoisotopic (exact) mass is 286 g/mol. The van der Waals surface area contributed by atoms with Crippen LogP contribution in [0.25, 0.3) is 0 Å². The van der Waals surface area contributed by atoms with Gasteiger partial charge in [-0.2, -0.15) is 0 Å². The highest BCUT2D eigenvalue weighted by molar-refractivity contribution is 5.92. The van der Waals surface area contributed by atoms with Gasteiger partial charge in [-0.3, -0.25) is 4.79 Å². The summed E-state index contributed by atoms with van der Waals surface area (Å²) in [5.41, 5.74) is 1.25. The number of benzene rings is 1. The third-order valence-corrected chi connectivity index (χ3v) is 3.09. The van der Waals surface area contributed by atoms with E-state index in [9.17, 15) is 4.79 Å². The topological polar surface area (TPSA) is 67.4 Å². The first kappa shape index (κ1) is 14.8. The molecular formula is C15H18N4O2. The molecule has 0 fully saturated rings. The lowest BCUT2D eigenvalue weighted by Crippen LogP contribution is -2.27. The molecule has 1 aromatic carbocycles. The second-order valence-electron chi connectivity index (χ2n) is 4.53. The normalized spacial score (nSPS) is 10.0. The molecule has 0 saturated carbocycles. The minimum atomic E-state index is -0.184. The number of rotatable bonds is 5. The van der Waals surface area contributed by atoms with Crippen LogP contribution in [0.2, 0.25) is 0 Å². The van der Waals surface area contributed by atoms with Gasteiger partial charge < -0.3 is 15.0 Å². The zero-order chi connectivity index (χ0) is 15.2. The smallest absolute Gasteiger partial charge is 0.274 e. The van der Waals surface area contributed by atoms with Crippen molar-refractivity contribution < 1.29 is 9.53 Å². The Morgan fingerprint density at radius 2 is 2.00 bits per heavy atom. The number of hydrogen-bond acceptors (Lipinski definition) is 5. The molecule has 21 heavy (non-hydrogen) atoms. The average Bonchev–Trinajstić information content (AvgIpc) is 2.54. The van der Waals surface area contributed by atoms with Crippen molar-refractivity contribution in [2.24, 2.45) is 0 Å². The Hall–Kier alpha value is -2.63. The van der Waals surface area contributed by atoms with E-state index in [0.29, 0.717) is 18.1 Å². The van der Waals surface area contributed by atoms with E-state index in [-0.39, 0.29) is 5.91 Å².